The number of anilines is 2. The Morgan fingerprint density at radius 3 is 2.17 bits per heavy atom. The highest BCUT2D eigenvalue weighted by Crippen LogP contribution is 2.24. The average Bonchev–Trinajstić information content (AvgIpc) is 2.50. The molecule has 0 spiro atoms. The zero-order chi connectivity index (χ0) is 17.9. The highest BCUT2D eigenvalue weighted by molar-refractivity contribution is 14.1. The van der Waals surface area contributed by atoms with Crippen molar-refractivity contribution in [1.82, 2.24) is 0 Å². The zero-order valence-electron chi connectivity index (χ0n) is 11.7. The number of hydrogen-bond acceptors (Lipinski definition) is 2. The molecule has 2 N–H and O–H groups in total. The summed E-state index contributed by atoms with van der Waals surface area (Å²) in [4.78, 5) is 23.3. The van der Waals surface area contributed by atoms with Gasteiger partial charge in [-0.25, -0.2) is 4.39 Å². The Labute approximate surface area is 147 Å². The summed E-state index contributed by atoms with van der Waals surface area (Å²) in [6.07, 6.45) is -5.08. The van der Waals surface area contributed by atoms with Crippen molar-refractivity contribution in [2.75, 3.05) is 10.6 Å². The molecule has 0 radical (unpaired) electrons. The van der Waals surface area contributed by atoms with Gasteiger partial charge in [-0.2, -0.15) is 13.2 Å². The highest BCUT2D eigenvalue weighted by atomic mass is 127. The monoisotopic (exact) mass is 452 g/mol. The first-order chi connectivity index (χ1) is 11.2. The summed E-state index contributed by atoms with van der Waals surface area (Å²) in [6.45, 7) is 0. The molecular weight excluding hydrogens is 443 g/mol. The van der Waals surface area contributed by atoms with E-state index < -0.39 is 23.8 Å². The summed E-state index contributed by atoms with van der Waals surface area (Å²) in [5, 5.41) is 4.09. The van der Waals surface area contributed by atoms with Crippen molar-refractivity contribution in [1.29, 1.82) is 0 Å². The van der Waals surface area contributed by atoms with Crippen molar-refractivity contribution in [3.8, 4) is 0 Å². The summed E-state index contributed by atoms with van der Waals surface area (Å²) < 4.78 is 50.6. The van der Waals surface area contributed by atoms with Crippen molar-refractivity contribution >= 4 is 45.8 Å². The van der Waals surface area contributed by atoms with Gasteiger partial charge in [-0.15, -0.1) is 0 Å². The van der Waals surface area contributed by atoms with E-state index >= 15 is 0 Å². The lowest BCUT2D eigenvalue weighted by atomic mass is 10.1. The molecule has 0 bridgehead atoms. The van der Waals surface area contributed by atoms with Gasteiger partial charge in [0, 0.05) is 9.26 Å². The average molecular weight is 452 g/mol. The Kier molecular flexibility index (Phi) is 5.42. The van der Waals surface area contributed by atoms with Gasteiger partial charge in [0.05, 0.1) is 11.3 Å². The van der Waals surface area contributed by atoms with Crippen molar-refractivity contribution in [3.63, 3.8) is 0 Å². The minimum absolute atomic E-state index is 0.149. The maximum absolute atomic E-state index is 12.9. The molecule has 0 aromatic heterocycles. The van der Waals surface area contributed by atoms with E-state index in [-0.39, 0.29) is 16.9 Å². The smallest absolute Gasteiger partial charge is 0.322 e. The van der Waals surface area contributed by atoms with Crippen LogP contribution in [0.5, 0.6) is 0 Å². The van der Waals surface area contributed by atoms with Crippen LogP contribution in [0.25, 0.3) is 0 Å². The number of rotatable bonds is 3. The zero-order valence-corrected chi connectivity index (χ0v) is 13.9. The Balaban J connectivity index is 2.27. The molecule has 4 nitrogen and oxygen atoms in total. The topological polar surface area (TPSA) is 58.2 Å². The third-order valence-corrected chi connectivity index (χ3v) is 3.50. The lowest BCUT2D eigenvalue weighted by Crippen LogP contribution is -2.31. The fourth-order valence-corrected chi connectivity index (χ4v) is 2.23. The highest BCUT2D eigenvalue weighted by Gasteiger charge is 2.39. The molecule has 0 saturated heterocycles. The van der Waals surface area contributed by atoms with Gasteiger partial charge in [0.15, 0.2) is 0 Å². The van der Waals surface area contributed by atoms with Gasteiger partial charge in [-0.1, -0.05) is 0 Å². The lowest BCUT2D eigenvalue weighted by molar-refractivity contribution is -0.167. The molecule has 126 valence electrons. The van der Waals surface area contributed by atoms with E-state index in [0.29, 0.717) is 3.57 Å². The molecule has 0 fully saturated rings. The molecule has 0 unspecified atom stereocenters. The predicted molar refractivity (Wildman–Crippen MR) is 88.2 cm³/mol. The fourth-order valence-electron chi connectivity index (χ4n) is 1.74. The van der Waals surface area contributed by atoms with Crippen LogP contribution >= 0.6 is 22.6 Å². The number of halogens is 5. The molecule has 0 aliphatic carbocycles. The molecule has 2 aromatic rings. The van der Waals surface area contributed by atoms with Crippen LogP contribution in [0, 0.1) is 9.39 Å². The Morgan fingerprint density at radius 1 is 0.958 bits per heavy atom. The van der Waals surface area contributed by atoms with Gasteiger partial charge >= 0.3 is 12.1 Å². The van der Waals surface area contributed by atoms with E-state index in [2.05, 4.69) is 5.32 Å². The first-order valence-electron chi connectivity index (χ1n) is 6.41. The number of benzene rings is 2. The molecule has 2 aromatic carbocycles. The van der Waals surface area contributed by atoms with E-state index in [1.165, 1.54) is 30.3 Å². The van der Waals surface area contributed by atoms with Crippen LogP contribution in [0.15, 0.2) is 42.5 Å². The Bertz CT molecular complexity index is 776. The normalized spacial score (nSPS) is 11.0. The van der Waals surface area contributed by atoms with Gasteiger partial charge in [0.25, 0.3) is 5.91 Å². The van der Waals surface area contributed by atoms with Gasteiger partial charge in [-0.05, 0) is 65.1 Å². The van der Waals surface area contributed by atoms with Crippen molar-refractivity contribution in [2.24, 2.45) is 0 Å². The van der Waals surface area contributed by atoms with Crippen LogP contribution in [0.4, 0.5) is 28.9 Å². The van der Waals surface area contributed by atoms with Crippen molar-refractivity contribution in [3.05, 3.63) is 57.4 Å². The van der Waals surface area contributed by atoms with Gasteiger partial charge in [0.1, 0.15) is 5.82 Å². The summed E-state index contributed by atoms with van der Waals surface area (Å²) in [5.74, 6) is -3.42. The standard InChI is InChI=1S/C15H9F4IN2O2/c16-8-1-4-10(5-2-8)21-13(23)11-7-9(20)3-6-12(11)22-14(24)15(17,18)19/h1-7H,(H,21,23)(H,22,24). The second-order valence-corrected chi connectivity index (χ2v) is 5.85. The second-order valence-electron chi connectivity index (χ2n) is 4.60. The maximum Gasteiger partial charge on any atom is 0.471 e. The first kappa shape index (κ1) is 18.2. The maximum atomic E-state index is 12.9. The third kappa shape index (κ3) is 4.66. The van der Waals surface area contributed by atoms with Gasteiger partial charge in [-0.3, -0.25) is 9.59 Å². The molecular formula is C15H9F4IN2O2. The fraction of sp³-hybridized carbons (Fsp3) is 0.0667. The molecule has 0 saturated carbocycles. The van der Waals surface area contributed by atoms with E-state index in [1.54, 1.807) is 5.32 Å². The number of nitrogens with one attached hydrogen (secondary N) is 2. The Morgan fingerprint density at radius 2 is 1.58 bits per heavy atom. The van der Waals surface area contributed by atoms with Crippen molar-refractivity contribution in [2.45, 2.75) is 6.18 Å². The molecule has 2 rings (SSSR count). The SMILES string of the molecule is O=C(Nc1ccc(F)cc1)c1cc(I)ccc1NC(=O)C(F)(F)F. The summed E-state index contributed by atoms with van der Waals surface area (Å²) in [5.41, 5.74) is -0.172. The van der Waals surface area contributed by atoms with Crippen LogP contribution < -0.4 is 10.6 Å². The lowest BCUT2D eigenvalue weighted by Gasteiger charge is -2.13. The van der Waals surface area contributed by atoms with Crippen molar-refractivity contribution < 1.29 is 27.2 Å². The number of hydrogen-bond donors (Lipinski definition) is 2. The minimum Gasteiger partial charge on any atom is -0.322 e. The van der Waals surface area contributed by atoms with E-state index in [0.717, 1.165) is 12.1 Å². The van der Waals surface area contributed by atoms with E-state index in [4.69, 9.17) is 0 Å². The molecule has 0 heterocycles. The third-order valence-electron chi connectivity index (χ3n) is 2.83. The molecule has 0 atom stereocenters. The van der Waals surface area contributed by atoms with E-state index in [9.17, 15) is 27.2 Å². The predicted octanol–water partition coefficient (Wildman–Crippen LogP) is 4.18. The quantitative estimate of drug-likeness (QED) is 0.543. The van der Waals surface area contributed by atoms with Crippen LogP contribution in [0.2, 0.25) is 0 Å². The van der Waals surface area contributed by atoms with Crippen LogP contribution in [-0.2, 0) is 4.79 Å². The minimum atomic E-state index is -5.08. The van der Waals surface area contributed by atoms with Crippen LogP contribution in [0.3, 0.4) is 0 Å². The molecule has 0 aliphatic heterocycles. The second kappa shape index (κ2) is 7.16. The molecule has 24 heavy (non-hydrogen) atoms. The first-order valence-corrected chi connectivity index (χ1v) is 7.49. The largest absolute Gasteiger partial charge is 0.471 e. The number of amides is 2. The number of carbonyl (C=O) groups excluding carboxylic acids is 2. The summed E-state index contributed by atoms with van der Waals surface area (Å²) in [7, 11) is 0. The number of alkyl halides is 3. The number of carbonyl (C=O) groups is 2. The molecule has 9 heteroatoms. The van der Waals surface area contributed by atoms with Crippen LogP contribution in [0.1, 0.15) is 10.4 Å². The van der Waals surface area contributed by atoms with Crippen LogP contribution in [-0.4, -0.2) is 18.0 Å². The Hall–Kier alpha value is -2.17. The van der Waals surface area contributed by atoms with E-state index in [1.807, 2.05) is 22.6 Å². The molecule has 0 aliphatic rings. The molecule has 2 amide bonds. The van der Waals surface area contributed by atoms with Gasteiger partial charge in [0.2, 0.25) is 0 Å². The van der Waals surface area contributed by atoms with Gasteiger partial charge < -0.3 is 10.6 Å². The summed E-state index contributed by atoms with van der Waals surface area (Å²) in [6, 6.07) is 8.81. The summed E-state index contributed by atoms with van der Waals surface area (Å²) >= 11 is 1.88.